The molecule has 1 atom stereocenters. The van der Waals surface area contributed by atoms with Crippen LogP contribution in [0.25, 0.3) is 0 Å². The number of aliphatic hydroxyl groups is 1. The Morgan fingerprint density at radius 1 is 1.67 bits per heavy atom. The summed E-state index contributed by atoms with van der Waals surface area (Å²) in [5.41, 5.74) is 0. The zero-order valence-electron chi connectivity index (χ0n) is 9.07. The summed E-state index contributed by atoms with van der Waals surface area (Å²) >= 11 is 1.69. The van der Waals surface area contributed by atoms with Gasteiger partial charge in [-0.15, -0.1) is 0 Å². The number of aromatic nitrogens is 2. The number of nitrogens with zero attached hydrogens (tertiary/aromatic N) is 1. The predicted molar refractivity (Wildman–Crippen MR) is 63.1 cm³/mol. The molecule has 1 aromatic heterocycles. The van der Waals surface area contributed by atoms with Crippen molar-refractivity contribution in [3.63, 3.8) is 0 Å². The van der Waals surface area contributed by atoms with E-state index in [1.165, 1.54) is 0 Å². The maximum atomic E-state index is 8.92. The van der Waals surface area contributed by atoms with E-state index in [2.05, 4.69) is 22.2 Å². The van der Waals surface area contributed by atoms with Crippen molar-refractivity contribution in [2.24, 2.45) is 0 Å². The molecule has 0 fully saturated rings. The minimum absolute atomic E-state index is 0.236. The molecule has 0 bridgehead atoms. The van der Waals surface area contributed by atoms with Crippen LogP contribution in [-0.2, 0) is 0 Å². The predicted octanol–water partition coefficient (Wildman–Crippen LogP) is 1.25. The normalized spacial score (nSPS) is 12.9. The lowest BCUT2D eigenvalue weighted by molar-refractivity contribution is 0.270. The van der Waals surface area contributed by atoms with Crippen molar-refractivity contribution < 1.29 is 5.11 Å². The molecule has 5 heteroatoms. The Morgan fingerprint density at radius 3 is 3.13 bits per heavy atom. The van der Waals surface area contributed by atoms with Gasteiger partial charge in [0.15, 0.2) is 5.16 Å². The molecule has 1 rings (SSSR count). The Hall–Kier alpha value is -0.520. The van der Waals surface area contributed by atoms with Gasteiger partial charge in [0.2, 0.25) is 0 Å². The minimum Gasteiger partial charge on any atom is -0.396 e. The lowest BCUT2D eigenvalue weighted by Crippen LogP contribution is -2.32. The Labute approximate surface area is 94.9 Å². The second kappa shape index (κ2) is 7.73. The number of H-pyrrole nitrogens is 1. The molecule has 86 valence electrons. The van der Waals surface area contributed by atoms with Gasteiger partial charge in [0.25, 0.3) is 0 Å². The summed E-state index contributed by atoms with van der Waals surface area (Å²) in [4.78, 5) is 7.20. The molecule has 0 saturated heterocycles. The maximum Gasteiger partial charge on any atom is 0.165 e. The van der Waals surface area contributed by atoms with Crippen molar-refractivity contribution in [2.75, 3.05) is 18.9 Å². The molecule has 1 heterocycles. The van der Waals surface area contributed by atoms with E-state index >= 15 is 0 Å². The zero-order chi connectivity index (χ0) is 10.9. The molecule has 15 heavy (non-hydrogen) atoms. The molecule has 0 aliphatic rings. The first-order valence-electron chi connectivity index (χ1n) is 5.33. The Morgan fingerprint density at radius 2 is 2.53 bits per heavy atom. The molecular formula is C10H19N3OS. The van der Waals surface area contributed by atoms with Crippen LogP contribution in [0.5, 0.6) is 0 Å². The van der Waals surface area contributed by atoms with Crippen LogP contribution in [0.15, 0.2) is 17.6 Å². The van der Waals surface area contributed by atoms with E-state index in [0.717, 1.165) is 30.3 Å². The lowest BCUT2D eigenvalue weighted by atomic mass is 10.2. The van der Waals surface area contributed by atoms with E-state index in [1.54, 1.807) is 18.0 Å². The van der Waals surface area contributed by atoms with Crippen LogP contribution in [0, 0.1) is 0 Å². The van der Waals surface area contributed by atoms with Gasteiger partial charge in [-0.2, -0.15) is 0 Å². The van der Waals surface area contributed by atoms with Gasteiger partial charge in [-0.05, 0) is 19.4 Å². The number of imidazole rings is 1. The molecule has 0 aliphatic heterocycles. The first-order valence-corrected chi connectivity index (χ1v) is 6.31. The fraction of sp³-hybridized carbons (Fsp3) is 0.700. The highest BCUT2D eigenvalue weighted by Crippen LogP contribution is 2.14. The van der Waals surface area contributed by atoms with E-state index in [4.69, 9.17) is 5.11 Å². The Balaban J connectivity index is 2.24. The van der Waals surface area contributed by atoms with Crippen LogP contribution in [0.2, 0.25) is 0 Å². The van der Waals surface area contributed by atoms with Crippen LogP contribution >= 0.6 is 11.8 Å². The molecule has 1 aromatic rings. The number of aliphatic hydroxyl groups excluding tert-OH is 1. The topological polar surface area (TPSA) is 60.9 Å². The van der Waals surface area contributed by atoms with Gasteiger partial charge in [0.05, 0.1) is 0 Å². The molecule has 4 nitrogen and oxygen atoms in total. The maximum absolute atomic E-state index is 8.92. The Bertz CT molecular complexity index is 241. The third-order valence-corrected chi connectivity index (χ3v) is 3.12. The summed E-state index contributed by atoms with van der Waals surface area (Å²) in [6, 6.07) is 0.366. The van der Waals surface area contributed by atoms with Crippen LogP contribution < -0.4 is 5.32 Å². The van der Waals surface area contributed by atoms with Gasteiger partial charge in [-0.25, -0.2) is 4.98 Å². The van der Waals surface area contributed by atoms with E-state index < -0.39 is 0 Å². The minimum atomic E-state index is 0.236. The lowest BCUT2D eigenvalue weighted by Gasteiger charge is -2.16. The van der Waals surface area contributed by atoms with E-state index in [0.29, 0.717) is 6.04 Å². The van der Waals surface area contributed by atoms with Gasteiger partial charge in [0, 0.05) is 30.8 Å². The monoisotopic (exact) mass is 229 g/mol. The first-order chi connectivity index (χ1) is 7.36. The summed E-state index contributed by atoms with van der Waals surface area (Å²) in [7, 11) is 0. The molecule has 0 aliphatic carbocycles. The largest absolute Gasteiger partial charge is 0.396 e. The summed E-state index contributed by atoms with van der Waals surface area (Å²) in [5, 5.41) is 13.3. The van der Waals surface area contributed by atoms with Gasteiger partial charge < -0.3 is 15.4 Å². The van der Waals surface area contributed by atoms with Crippen LogP contribution in [-0.4, -0.2) is 40.0 Å². The summed E-state index contributed by atoms with van der Waals surface area (Å²) in [6.07, 6.45) is 5.49. The van der Waals surface area contributed by atoms with Crippen molar-refractivity contribution in [1.29, 1.82) is 0 Å². The van der Waals surface area contributed by atoms with Crippen LogP contribution in [0.1, 0.15) is 19.8 Å². The number of hydrogen-bond acceptors (Lipinski definition) is 4. The summed E-state index contributed by atoms with van der Waals surface area (Å²) in [5.74, 6) is 0.939. The number of thioether (sulfide) groups is 1. The van der Waals surface area contributed by atoms with E-state index in [-0.39, 0.29) is 6.61 Å². The summed E-state index contributed by atoms with van der Waals surface area (Å²) in [6.45, 7) is 3.38. The number of rotatable bonds is 8. The smallest absolute Gasteiger partial charge is 0.165 e. The van der Waals surface area contributed by atoms with Crippen LogP contribution in [0.4, 0.5) is 0 Å². The average Bonchev–Trinajstić information content (AvgIpc) is 2.75. The number of aromatic amines is 1. The second-order valence-electron chi connectivity index (χ2n) is 3.37. The van der Waals surface area contributed by atoms with E-state index in [9.17, 15) is 0 Å². The number of nitrogens with one attached hydrogen (secondary N) is 2. The fourth-order valence-electron chi connectivity index (χ4n) is 1.26. The molecule has 0 aromatic carbocycles. The Kier molecular flexibility index (Phi) is 6.47. The molecule has 0 radical (unpaired) electrons. The van der Waals surface area contributed by atoms with Crippen LogP contribution in [0.3, 0.4) is 0 Å². The third-order valence-electron chi connectivity index (χ3n) is 2.05. The molecular weight excluding hydrogens is 210 g/mol. The zero-order valence-corrected chi connectivity index (χ0v) is 9.89. The van der Waals surface area contributed by atoms with Gasteiger partial charge in [0.1, 0.15) is 0 Å². The molecule has 0 spiro atoms. The van der Waals surface area contributed by atoms with E-state index in [1.807, 2.05) is 6.20 Å². The van der Waals surface area contributed by atoms with Crippen molar-refractivity contribution in [3.05, 3.63) is 12.4 Å². The van der Waals surface area contributed by atoms with Gasteiger partial charge >= 0.3 is 0 Å². The fourth-order valence-corrected chi connectivity index (χ4v) is 2.19. The third kappa shape index (κ3) is 5.20. The molecule has 0 saturated carbocycles. The van der Waals surface area contributed by atoms with Crippen molar-refractivity contribution in [1.82, 2.24) is 15.3 Å². The first kappa shape index (κ1) is 12.5. The highest BCUT2D eigenvalue weighted by atomic mass is 32.2. The van der Waals surface area contributed by atoms with Crippen molar-refractivity contribution in [3.8, 4) is 0 Å². The SMILES string of the molecule is CCCNC(CCO)CSc1ncc[nH]1. The van der Waals surface area contributed by atoms with Gasteiger partial charge in [-0.3, -0.25) is 0 Å². The molecule has 3 N–H and O–H groups in total. The number of hydrogen-bond donors (Lipinski definition) is 3. The molecule has 0 amide bonds. The average molecular weight is 229 g/mol. The summed E-state index contributed by atoms with van der Waals surface area (Å²) < 4.78 is 0. The highest BCUT2D eigenvalue weighted by Gasteiger charge is 2.08. The van der Waals surface area contributed by atoms with Crippen molar-refractivity contribution in [2.45, 2.75) is 31.0 Å². The highest BCUT2D eigenvalue weighted by molar-refractivity contribution is 7.99. The second-order valence-corrected chi connectivity index (χ2v) is 4.38. The van der Waals surface area contributed by atoms with Gasteiger partial charge in [-0.1, -0.05) is 18.7 Å². The molecule has 1 unspecified atom stereocenters. The quantitative estimate of drug-likeness (QED) is 0.587. The standard InChI is InChI=1S/C10H19N3OS/c1-2-4-11-9(3-7-14)8-15-10-12-5-6-13-10/h5-6,9,11,14H,2-4,7-8H2,1H3,(H,12,13). The van der Waals surface area contributed by atoms with Crippen molar-refractivity contribution >= 4 is 11.8 Å².